The summed E-state index contributed by atoms with van der Waals surface area (Å²) in [7, 11) is 1.49. The molecule has 0 unspecified atom stereocenters. The Morgan fingerprint density at radius 3 is 2.50 bits per heavy atom. The highest BCUT2D eigenvalue weighted by Gasteiger charge is 2.12. The molecular formula is C22H26N4O6. The van der Waals surface area contributed by atoms with Gasteiger partial charge in [0, 0.05) is 19.3 Å². The number of anilines is 1. The SMILES string of the molecule is CCOc1cc(/C=N\NC(=O)C(=O)NCCOC)ccc1OCC(=O)Nc1ccccc1. The first-order valence-corrected chi connectivity index (χ1v) is 9.88. The third-order valence-corrected chi connectivity index (χ3v) is 3.86. The summed E-state index contributed by atoms with van der Waals surface area (Å²) in [6, 6.07) is 14.0. The molecule has 0 spiro atoms. The van der Waals surface area contributed by atoms with Crippen molar-refractivity contribution >= 4 is 29.6 Å². The van der Waals surface area contributed by atoms with Crippen LogP contribution in [-0.2, 0) is 19.1 Å². The van der Waals surface area contributed by atoms with E-state index in [4.69, 9.17) is 14.2 Å². The zero-order chi connectivity index (χ0) is 23.2. The Labute approximate surface area is 185 Å². The van der Waals surface area contributed by atoms with Gasteiger partial charge in [0.1, 0.15) is 0 Å². The minimum atomic E-state index is -0.897. The molecule has 0 bridgehead atoms. The number of rotatable bonds is 11. The Balaban J connectivity index is 1.92. The number of hydrogen-bond acceptors (Lipinski definition) is 7. The molecule has 0 radical (unpaired) electrons. The van der Waals surface area contributed by atoms with E-state index >= 15 is 0 Å². The maximum atomic E-state index is 12.1. The predicted octanol–water partition coefficient (Wildman–Crippen LogP) is 1.32. The number of ether oxygens (including phenoxy) is 3. The summed E-state index contributed by atoms with van der Waals surface area (Å²) < 4.78 is 15.9. The number of benzene rings is 2. The molecule has 0 fully saturated rings. The first-order valence-electron chi connectivity index (χ1n) is 9.88. The molecule has 10 heteroatoms. The number of methoxy groups -OCH3 is 1. The number of amides is 3. The number of nitrogens with one attached hydrogen (secondary N) is 3. The van der Waals surface area contributed by atoms with Gasteiger partial charge in [0.05, 0.1) is 19.4 Å². The average Bonchev–Trinajstić information content (AvgIpc) is 2.79. The van der Waals surface area contributed by atoms with E-state index in [1.54, 1.807) is 30.3 Å². The predicted molar refractivity (Wildman–Crippen MR) is 119 cm³/mol. The second kappa shape index (κ2) is 13.4. The third kappa shape index (κ3) is 8.44. The van der Waals surface area contributed by atoms with Crippen LogP contribution in [-0.4, -0.2) is 57.4 Å². The molecule has 32 heavy (non-hydrogen) atoms. The molecule has 0 aliphatic heterocycles. The van der Waals surface area contributed by atoms with Crippen LogP contribution < -0.4 is 25.5 Å². The molecule has 0 aromatic heterocycles. The van der Waals surface area contributed by atoms with Crippen molar-refractivity contribution in [2.45, 2.75) is 6.92 Å². The molecule has 170 valence electrons. The maximum Gasteiger partial charge on any atom is 0.329 e. The maximum absolute atomic E-state index is 12.1. The van der Waals surface area contributed by atoms with Crippen LogP contribution in [0.3, 0.4) is 0 Å². The monoisotopic (exact) mass is 442 g/mol. The van der Waals surface area contributed by atoms with Crippen molar-refractivity contribution in [1.82, 2.24) is 10.7 Å². The van der Waals surface area contributed by atoms with Gasteiger partial charge < -0.3 is 24.8 Å². The minimum Gasteiger partial charge on any atom is -0.490 e. The number of hydrogen-bond donors (Lipinski definition) is 3. The molecule has 3 N–H and O–H groups in total. The smallest absolute Gasteiger partial charge is 0.329 e. The molecule has 2 aromatic rings. The summed E-state index contributed by atoms with van der Waals surface area (Å²) in [4.78, 5) is 35.3. The van der Waals surface area contributed by atoms with E-state index in [0.717, 1.165) is 0 Å². The van der Waals surface area contributed by atoms with Gasteiger partial charge >= 0.3 is 11.8 Å². The number of carbonyl (C=O) groups excluding carboxylic acids is 3. The van der Waals surface area contributed by atoms with Crippen molar-refractivity contribution in [1.29, 1.82) is 0 Å². The molecule has 0 saturated carbocycles. The van der Waals surface area contributed by atoms with Gasteiger partial charge in [0.2, 0.25) is 0 Å². The Bertz CT molecular complexity index is 933. The second-order valence-electron chi connectivity index (χ2n) is 6.29. The Kier molecular flexibility index (Phi) is 10.2. The highest BCUT2D eigenvalue weighted by molar-refractivity contribution is 6.35. The first-order chi connectivity index (χ1) is 15.5. The van der Waals surface area contributed by atoms with Gasteiger partial charge in [-0.15, -0.1) is 0 Å². The fourth-order valence-corrected chi connectivity index (χ4v) is 2.42. The van der Waals surface area contributed by atoms with Crippen LogP contribution in [0.5, 0.6) is 11.5 Å². The largest absolute Gasteiger partial charge is 0.490 e. The van der Waals surface area contributed by atoms with E-state index in [9.17, 15) is 14.4 Å². The van der Waals surface area contributed by atoms with E-state index in [0.29, 0.717) is 36.0 Å². The normalized spacial score (nSPS) is 10.4. The summed E-state index contributed by atoms with van der Waals surface area (Å²) in [6.07, 6.45) is 1.36. The summed E-state index contributed by atoms with van der Waals surface area (Å²) in [5.74, 6) is -1.23. The summed E-state index contributed by atoms with van der Waals surface area (Å²) >= 11 is 0. The lowest BCUT2D eigenvalue weighted by atomic mass is 10.2. The highest BCUT2D eigenvalue weighted by Crippen LogP contribution is 2.28. The zero-order valence-electron chi connectivity index (χ0n) is 17.9. The van der Waals surface area contributed by atoms with Gasteiger partial charge in [-0.1, -0.05) is 18.2 Å². The van der Waals surface area contributed by atoms with Gasteiger partial charge in [-0.25, -0.2) is 5.43 Å². The van der Waals surface area contributed by atoms with E-state index in [1.807, 2.05) is 25.1 Å². The standard InChI is InChI=1S/C22H26N4O6/c1-3-31-19-13-16(14-24-26-22(29)21(28)23-11-12-30-2)9-10-18(19)32-15-20(27)25-17-7-5-4-6-8-17/h4-10,13-14H,3,11-12,15H2,1-2H3,(H,23,28)(H,25,27)(H,26,29)/b24-14-. The number of para-hydroxylation sites is 1. The van der Waals surface area contributed by atoms with Gasteiger partial charge in [-0.2, -0.15) is 5.10 Å². The second-order valence-corrected chi connectivity index (χ2v) is 6.29. The lowest BCUT2D eigenvalue weighted by Gasteiger charge is -2.12. The fourth-order valence-electron chi connectivity index (χ4n) is 2.42. The van der Waals surface area contributed by atoms with Crippen molar-refractivity contribution in [2.75, 3.05) is 38.8 Å². The van der Waals surface area contributed by atoms with Crippen molar-refractivity contribution in [3.8, 4) is 11.5 Å². The van der Waals surface area contributed by atoms with E-state index in [2.05, 4.69) is 21.2 Å². The van der Waals surface area contributed by atoms with Gasteiger partial charge in [0.15, 0.2) is 18.1 Å². The number of carbonyl (C=O) groups is 3. The van der Waals surface area contributed by atoms with Crippen LogP contribution in [0, 0.1) is 0 Å². The Hall–Kier alpha value is -3.92. The van der Waals surface area contributed by atoms with E-state index < -0.39 is 11.8 Å². The molecule has 0 aliphatic carbocycles. The molecule has 2 aromatic carbocycles. The molecule has 0 heterocycles. The molecule has 3 amide bonds. The Morgan fingerprint density at radius 2 is 1.78 bits per heavy atom. The molecule has 10 nitrogen and oxygen atoms in total. The molecule has 0 saturated heterocycles. The summed E-state index contributed by atoms with van der Waals surface area (Å²) in [5, 5.41) is 8.88. The van der Waals surface area contributed by atoms with Crippen molar-refractivity contribution in [2.24, 2.45) is 5.10 Å². The van der Waals surface area contributed by atoms with Crippen molar-refractivity contribution < 1.29 is 28.6 Å². The molecule has 0 atom stereocenters. The minimum absolute atomic E-state index is 0.198. The first kappa shape index (κ1) is 24.4. The van der Waals surface area contributed by atoms with Gasteiger partial charge in [-0.05, 0) is 42.8 Å². The van der Waals surface area contributed by atoms with Crippen LogP contribution in [0.15, 0.2) is 53.6 Å². The Morgan fingerprint density at radius 1 is 1.00 bits per heavy atom. The number of hydrazone groups is 1. The van der Waals surface area contributed by atoms with Crippen molar-refractivity contribution in [3.63, 3.8) is 0 Å². The van der Waals surface area contributed by atoms with Crippen molar-refractivity contribution in [3.05, 3.63) is 54.1 Å². The van der Waals surface area contributed by atoms with Crippen LogP contribution in [0.4, 0.5) is 5.69 Å². The summed E-state index contributed by atoms with van der Waals surface area (Å²) in [5.41, 5.74) is 3.41. The van der Waals surface area contributed by atoms with Gasteiger partial charge in [-0.3, -0.25) is 14.4 Å². The fraction of sp³-hybridized carbons (Fsp3) is 0.273. The van der Waals surface area contributed by atoms with Crippen LogP contribution >= 0.6 is 0 Å². The van der Waals surface area contributed by atoms with Crippen LogP contribution in [0.1, 0.15) is 12.5 Å². The quantitative estimate of drug-likeness (QED) is 0.208. The summed E-state index contributed by atoms with van der Waals surface area (Å²) in [6.45, 7) is 2.51. The van der Waals surface area contributed by atoms with E-state index in [1.165, 1.54) is 13.3 Å². The topological polar surface area (TPSA) is 127 Å². The van der Waals surface area contributed by atoms with Gasteiger partial charge in [0.25, 0.3) is 5.91 Å². The van der Waals surface area contributed by atoms with Crippen LogP contribution in [0.2, 0.25) is 0 Å². The molecular weight excluding hydrogens is 416 g/mol. The lowest BCUT2D eigenvalue weighted by Crippen LogP contribution is -2.39. The molecule has 0 aliphatic rings. The lowest BCUT2D eigenvalue weighted by molar-refractivity contribution is -0.139. The molecule has 2 rings (SSSR count). The number of nitrogens with zero attached hydrogens (tertiary/aromatic N) is 1. The zero-order valence-corrected chi connectivity index (χ0v) is 17.9. The third-order valence-electron chi connectivity index (χ3n) is 3.86. The van der Waals surface area contributed by atoms with E-state index in [-0.39, 0.29) is 19.1 Å². The van der Waals surface area contributed by atoms with Crippen LogP contribution in [0.25, 0.3) is 0 Å². The average molecular weight is 442 g/mol. The highest BCUT2D eigenvalue weighted by atomic mass is 16.5.